The minimum Gasteiger partial charge on any atom is -0.373 e. The lowest BCUT2D eigenvalue weighted by atomic mass is 10.2. The van der Waals surface area contributed by atoms with Crippen LogP contribution in [0.5, 0.6) is 0 Å². The first-order valence-corrected chi connectivity index (χ1v) is 6.88. The van der Waals surface area contributed by atoms with Crippen LogP contribution in [-0.4, -0.2) is 17.0 Å². The highest BCUT2D eigenvalue weighted by Gasteiger charge is 2.02. The van der Waals surface area contributed by atoms with Gasteiger partial charge in [0.1, 0.15) is 16.7 Å². The summed E-state index contributed by atoms with van der Waals surface area (Å²) in [6.07, 6.45) is 0. The van der Waals surface area contributed by atoms with Gasteiger partial charge in [0, 0.05) is 18.9 Å². The Labute approximate surface area is 112 Å². The molecule has 1 N–H and O–H groups in total. The van der Waals surface area contributed by atoms with E-state index in [0.717, 1.165) is 22.4 Å². The van der Waals surface area contributed by atoms with Crippen LogP contribution in [0.1, 0.15) is 17.0 Å². The minimum absolute atomic E-state index is 0.800. The first-order valence-electron chi connectivity index (χ1n) is 5.89. The quantitative estimate of drug-likeness (QED) is 0.674. The van der Waals surface area contributed by atoms with Crippen molar-refractivity contribution in [1.82, 2.24) is 9.97 Å². The van der Waals surface area contributed by atoms with E-state index in [-0.39, 0.29) is 0 Å². The van der Waals surface area contributed by atoms with Gasteiger partial charge in [-0.05, 0) is 19.4 Å². The van der Waals surface area contributed by atoms with Crippen molar-refractivity contribution in [2.45, 2.75) is 24.6 Å². The molecule has 0 spiro atoms. The van der Waals surface area contributed by atoms with Crippen molar-refractivity contribution in [3.8, 4) is 0 Å². The molecule has 4 heteroatoms. The number of hydrogen-bond donors (Lipinski definition) is 1. The summed E-state index contributed by atoms with van der Waals surface area (Å²) in [6, 6.07) is 10.5. The number of thioether (sulfide) groups is 1. The Balaban J connectivity index is 2.08. The summed E-state index contributed by atoms with van der Waals surface area (Å²) in [7, 11) is 1.87. The van der Waals surface area contributed by atoms with Crippen molar-refractivity contribution in [1.29, 1.82) is 0 Å². The molecule has 0 radical (unpaired) electrons. The fourth-order valence-electron chi connectivity index (χ4n) is 1.70. The van der Waals surface area contributed by atoms with Gasteiger partial charge in [-0.25, -0.2) is 9.97 Å². The Hall–Kier alpha value is -1.55. The predicted molar refractivity (Wildman–Crippen MR) is 77.1 cm³/mol. The van der Waals surface area contributed by atoms with Crippen LogP contribution in [0.15, 0.2) is 35.4 Å². The molecule has 1 heterocycles. The molecule has 0 aliphatic carbocycles. The molecule has 2 rings (SSSR count). The normalized spacial score (nSPS) is 10.4. The molecule has 0 amide bonds. The zero-order valence-electron chi connectivity index (χ0n) is 10.9. The van der Waals surface area contributed by atoms with Crippen LogP contribution < -0.4 is 5.32 Å². The Kier molecular flexibility index (Phi) is 4.20. The third-order valence-corrected chi connectivity index (χ3v) is 3.52. The second kappa shape index (κ2) is 5.87. The number of rotatable bonds is 4. The topological polar surface area (TPSA) is 37.8 Å². The van der Waals surface area contributed by atoms with Crippen LogP contribution in [0.2, 0.25) is 0 Å². The monoisotopic (exact) mass is 259 g/mol. The lowest BCUT2D eigenvalue weighted by molar-refractivity contribution is 0.969. The van der Waals surface area contributed by atoms with Crippen molar-refractivity contribution in [3.63, 3.8) is 0 Å². The van der Waals surface area contributed by atoms with E-state index in [1.807, 2.05) is 20.0 Å². The summed E-state index contributed by atoms with van der Waals surface area (Å²) in [6.45, 7) is 4.03. The second-order valence-corrected chi connectivity index (χ2v) is 5.16. The fraction of sp³-hybridized carbons (Fsp3) is 0.286. The van der Waals surface area contributed by atoms with Gasteiger partial charge in [-0.1, -0.05) is 29.8 Å². The van der Waals surface area contributed by atoms with Crippen molar-refractivity contribution in [2.24, 2.45) is 0 Å². The van der Waals surface area contributed by atoms with Crippen LogP contribution in [0, 0.1) is 13.8 Å². The number of hydrogen-bond acceptors (Lipinski definition) is 4. The molecule has 0 aliphatic heterocycles. The fourth-order valence-corrected chi connectivity index (χ4v) is 2.59. The molecular weight excluding hydrogens is 242 g/mol. The highest BCUT2D eigenvalue weighted by molar-refractivity contribution is 7.98. The van der Waals surface area contributed by atoms with Gasteiger partial charge < -0.3 is 5.32 Å². The van der Waals surface area contributed by atoms with E-state index in [9.17, 15) is 0 Å². The average molecular weight is 259 g/mol. The third-order valence-electron chi connectivity index (χ3n) is 2.54. The Morgan fingerprint density at radius 2 is 2.00 bits per heavy atom. The lowest BCUT2D eigenvalue weighted by Crippen LogP contribution is -1.97. The summed E-state index contributed by atoms with van der Waals surface area (Å²) in [5, 5.41) is 4.06. The van der Waals surface area contributed by atoms with Crippen molar-refractivity contribution in [3.05, 3.63) is 47.3 Å². The summed E-state index contributed by atoms with van der Waals surface area (Å²) in [5.41, 5.74) is 2.62. The van der Waals surface area contributed by atoms with Crippen molar-refractivity contribution < 1.29 is 0 Å². The van der Waals surface area contributed by atoms with Crippen LogP contribution >= 0.6 is 11.8 Å². The molecule has 0 unspecified atom stereocenters. The van der Waals surface area contributed by atoms with Crippen LogP contribution in [0.25, 0.3) is 0 Å². The molecule has 0 saturated carbocycles. The van der Waals surface area contributed by atoms with E-state index in [2.05, 4.69) is 46.5 Å². The molecule has 0 aliphatic rings. The predicted octanol–water partition coefficient (Wildman–Crippen LogP) is 3.43. The summed E-state index contributed by atoms with van der Waals surface area (Å²) in [4.78, 5) is 8.72. The molecule has 0 fully saturated rings. The average Bonchev–Trinajstić information content (AvgIpc) is 2.36. The molecule has 94 valence electrons. The van der Waals surface area contributed by atoms with Crippen LogP contribution in [-0.2, 0) is 5.75 Å². The highest BCUT2D eigenvalue weighted by atomic mass is 32.2. The SMILES string of the molecule is CNc1cc(SCc2cccc(C)c2)nc(C)n1. The van der Waals surface area contributed by atoms with Gasteiger partial charge in [0.15, 0.2) is 0 Å². The maximum Gasteiger partial charge on any atom is 0.130 e. The van der Waals surface area contributed by atoms with E-state index >= 15 is 0 Å². The molecule has 2 aromatic rings. The Bertz CT molecular complexity index is 540. The van der Waals surface area contributed by atoms with E-state index in [0.29, 0.717) is 0 Å². The molecule has 1 aromatic heterocycles. The summed E-state index contributed by atoms with van der Waals surface area (Å²) >= 11 is 1.73. The number of nitrogens with zero attached hydrogens (tertiary/aromatic N) is 2. The standard InChI is InChI=1S/C14H17N3S/c1-10-5-4-6-12(7-10)9-18-14-8-13(15-3)16-11(2)17-14/h4-8H,9H2,1-3H3,(H,15,16,17). The zero-order chi connectivity index (χ0) is 13.0. The van der Waals surface area contributed by atoms with Gasteiger partial charge in [-0.3, -0.25) is 0 Å². The molecule has 0 saturated heterocycles. The molecule has 18 heavy (non-hydrogen) atoms. The zero-order valence-corrected chi connectivity index (χ0v) is 11.7. The summed E-state index contributed by atoms with van der Waals surface area (Å²) < 4.78 is 0. The number of aryl methyl sites for hydroxylation is 2. The van der Waals surface area contributed by atoms with Crippen LogP contribution in [0.4, 0.5) is 5.82 Å². The first-order chi connectivity index (χ1) is 8.67. The largest absolute Gasteiger partial charge is 0.373 e. The van der Waals surface area contributed by atoms with E-state index < -0.39 is 0 Å². The van der Waals surface area contributed by atoms with Gasteiger partial charge in [-0.15, -0.1) is 11.8 Å². The number of benzene rings is 1. The maximum atomic E-state index is 4.43. The molecule has 3 nitrogen and oxygen atoms in total. The maximum absolute atomic E-state index is 4.43. The number of aromatic nitrogens is 2. The minimum atomic E-state index is 0.800. The van der Waals surface area contributed by atoms with Gasteiger partial charge in [0.2, 0.25) is 0 Å². The summed E-state index contributed by atoms with van der Waals surface area (Å²) in [5.74, 6) is 2.60. The number of nitrogens with one attached hydrogen (secondary N) is 1. The highest BCUT2D eigenvalue weighted by Crippen LogP contribution is 2.23. The lowest BCUT2D eigenvalue weighted by Gasteiger charge is -2.06. The molecule has 0 bridgehead atoms. The van der Waals surface area contributed by atoms with Gasteiger partial charge in [0.25, 0.3) is 0 Å². The molecular formula is C14H17N3S. The first kappa shape index (κ1) is 12.9. The van der Waals surface area contributed by atoms with E-state index in [1.165, 1.54) is 11.1 Å². The van der Waals surface area contributed by atoms with Crippen molar-refractivity contribution >= 4 is 17.6 Å². The third kappa shape index (κ3) is 3.47. The number of anilines is 1. The van der Waals surface area contributed by atoms with Gasteiger partial charge in [-0.2, -0.15) is 0 Å². The smallest absolute Gasteiger partial charge is 0.130 e. The van der Waals surface area contributed by atoms with Gasteiger partial charge >= 0.3 is 0 Å². The van der Waals surface area contributed by atoms with Crippen molar-refractivity contribution in [2.75, 3.05) is 12.4 Å². The van der Waals surface area contributed by atoms with Crippen LogP contribution in [0.3, 0.4) is 0 Å². The van der Waals surface area contributed by atoms with E-state index in [4.69, 9.17) is 0 Å². The Morgan fingerprint density at radius 3 is 2.72 bits per heavy atom. The Morgan fingerprint density at radius 1 is 1.17 bits per heavy atom. The van der Waals surface area contributed by atoms with Gasteiger partial charge in [0.05, 0.1) is 0 Å². The van der Waals surface area contributed by atoms with E-state index in [1.54, 1.807) is 11.8 Å². The second-order valence-electron chi connectivity index (χ2n) is 4.17. The molecule has 1 aromatic carbocycles. The molecule has 0 atom stereocenters.